The van der Waals surface area contributed by atoms with Gasteiger partial charge in [-0.15, -0.1) is 0 Å². The molecule has 1 aliphatic rings. The summed E-state index contributed by atoms with van der Waals surface area (Å²) in [6.45, 7) is 0.868. The zero-order chi connectivity index (χ0) is 14.5. The van der Waals surface area contributed by atoms with Gasteiger partial charge in [0.05, 0.1) is 6.42 Å². The molecule has 0 bridgehead atoms. The quantitative estimate of drug-likeness (QED) is 0.853. The molecule has 0 aromatic heterocycles. The van der Waals surface area contributed by atoms with E-state index >= 15 is 0 Å². The maximum Gasteiger partial charge on any atom is 0.228 e. The standard InChI is InChI=1S/C18H20N2O/c21-18(12-14-5-2-1-3-6-14)20-17-8-4-7-15(11-17)13-19-16-9-10-16/h1-8,11,16,19H,9-10,12-13H2,(H,20,21). The van der Waals surface area contributed by atoms with Crippen LogP contribution in [0.1, 0.15) is 24.0 Å². The van der Waals surface area contributed by atoms with Gasteiger partial charge >= 0.3 is 0 Å². The highest BCUT2D eigenvalue weighted by Gasteiger charge is 2.19. The normalized spacial score (nSPS) is 13.9. The fourth-order valence-electron chi connectivity index (χ4n) is 2.30. The molecule has 1 fully saturated rings. The Bertz CT molecular complexity index is 606. The molecule has 0 aliphatic heterocycles. The zero-order valence-electron chi connectivity index (χ0n) is 12.0. The summed E-state index contributed by atoms with van der Waals surface area (Å²) in [5.74, 6) is 0.0218. The molecule has 0 saturated heterocycles. The molecule has 3 nitrogen and oxygen atoms in total. The van der Waals surface area contributed by atoms with Crippen molar-refractivity contribution in [2.75, 3.05) is 5.32 Å². The lowest BCUT2D eigenvalue weighted by molar-refractivity contribution is -0.115. The van der Waals surface area contributed by atoms with Gasteiger partial charge in [-0.05, 0) is 36.1 Å². The number of carbonyl (C=O) groups excluding carboxylic acids is 1. The van der Waals surface area contributed by atoms with Crippen molar-refractivity contribution in [3.63, 3.8) is 0 Å². The van der Waals surface area contributed by atoms with Crippen LogP contribution in [0.15, 0.2) is 54.6 Å². The predicted octanol–water partition coefficient (Wildman–Crippen LogP) is 3.12. The van der Waals surface area contributed by atoms with Crippen LogP contribution < -0.4 is 10.6 Å². The second-order valence-electron chi connectivity index (χ2n) is 5.57. The van der Waals surface area contributed by atoms with Crippen molar-refractivity contribution in [2.24, 2.45) is 0 Å². The first-order chi connectivity index (χ1) is 10.3. The second kappa shape index (κ2) is 6.55. The number of carbonyl (C=O) groups is 1. The topological polar surface area (TPSA) is 41.1 Å². The summed E-state index contributed by atoms with van der Waals surface area (Å²) >= 11 is 0. The monoisotopic (exact) mass is 280 g/mol. The largest absolute Gasteiger partial charge is 0.326 e. The molecule has 3 rings (SSSR count). The number of anilines is 1. The summed E-state index contributed by atoms with van der Waals surface area (Å²) < 4.78 is 0. The molecule has 0 radical (unpaired) electrons. The molecule has 1 amide bonds. The first-order valence-corrected chi connectivity index (χ1v) is 7.46. The van der Waals surface area contributed by atoms with E-state index in [2.05, 4.69) is 16.7 Å². The molecule has 1 aliphatic carbocycles. The lowest BCUT2D eigenvalue weighted by atomic mass is 10.1. The predicted molar refractivity (Wildman–Crippen MR) is 85.1 cm³/mol. The smallest absolute Gasteiger partial charge is 0.228 e. The average molecular weight is 280 g/mol. The van der Waals surface area contributed by atoms with E-state index in [1.165, 1.54) is 18.4 Å². The van der Waals surface area contributed by atoms with Crippen LogP contribution in [0.2, 0.25) is 0 Å². The summed E-state index contributed by atoms with van der Waals surface area (Å²) in [6, 6.07) is 18.5. The number of rotatable bonds is 6. The Morgan fingerprint density at radius 2 is 1.76 bits per heavy atom. The van der Waals surface area contributed by atoms with Crippen molar-refractivity contribution in [1.29, 1.82) is 0 Å². The molecule has 108 valence electrons. The lowest BCUT2D eigenvalue weighted by Crippen LogP contribution is -2.16. The Hall–Kier alpha value is -2.13. The van der Waals surface area contributed by atoms with Crippen LogP contribution in [0, 0.1) is 0 Å². The Labute approximate surface area is 125 Å². The fraction of sp³-hybridized carbons (Fsp3) is 0.278. The van der Waals surface area contributed by atoms with E-state index in [4.69, 9.17) is 0 Å². The van der Waals surface area contributed by atoms with Crippen molar-refractivity contribution < 1.29 is 4.79 Å². The van der Waals surface area contributed by atoms with E-state index in [1.54, 1.807) is 0 Å². The van der Waals surface area contributed by atoms with Crippen molar-refractivity contribution in [1.82, 2.24) is 5.32 Å². The van der Waals surface area contributed by atoms with Crippen molar-refractivity contribution >= 4 is 11.6 Å². The number of nitrogens with one attached hydrogen (secondary N) is 2. The summed E-state index contributed by atoms with van der Waals surface area (Å²) in [4.78, 5) is 12.0. The van der Waals surface area contributed by atoms with Crippen LogP contribution >= 0.6 is 0 Å². The minimum Gasteiger partial charge on any atom is -0.326 e. The molecule has 0 atom stereocenters. The second-order valence-corrected chi connectivity index (χ2v) is 5.57. The van der Waals surface area contributed by atoms with E-state index in [0.29, 0.717) is 12.5 Å². The highest BCUT2D eigenvalue weighted by atomic mass is 16.1. The Balaban J connectivity index is 1.56. The molecule has 2 aromatic carbocycles. The number of hydrogen-bond donors (Lipinski definition) is 2. The molecule has 0 heterocycles. The van der Waals surface area contributed by atoms with Gasteiger partial charge in [-0.25, -0.2) is 0 Å². The molecule has 2 N–H and O–H groups in total. The van der Waals surface area contributed by atoms with Crippen molar-refractivity contribution in [3.8, 4) is 0 Å². The average Bonchev–Trinajstić information content (AvgIpc) is 3.31. The van der Waals surface area contributed by atoms with Crippen LogP contribution in [-0.2, 0) is 17.8 Å². The Kier molecular flexibility index (Phi) is 4.31. The Morgan fingerprint density at radius 1 is 1.00 bits per heavy atom. The minimum absolute atomic E-state index is 0.0218. The maximum absolute atomic E-state index is 12.0. The van der Waals surface area contributed by atoms with Crippen molar-refractivity contribution in [3.05, 3.63) is 65.7 Å². The van der Waals surface area contributed by atoms with E-state index in [0.717, 1.165) is 17.8 Å². The van der Waals surface area contributed by atoms with E-state index in [1.807, 2.05) is 48.5 Å². The number of amides is 1. The van der Waals surface area contributed by atoms with E-state index in [-0.39, 0.29) is 5.91 Å². The SMILES string of the molecule is O=C(Cc1ccccc1)Nc1cccc(CNC2CC2)c1. The van der Waals surface area contributed by atoms with Gasteiger partial charge in [0.1, 0.15) is 0 Å². The van der Waals surface area contributed by atoms with Crippen LogP contribution in [0.4, 0.5) is 5.69 Å². The summed E-state index contributed by atoms with van der Waals surface area (Å²) in [5, 5.41) is 6.45. The number of benzene rings is 2. The molecule has 1 saturated carbocycles. The summed E-state index contributed by atoms with van der Waals surface area (Å²) in [5.41, 5.74) is 3.10. The van der Waals surface area contributed by atoms with Gasteiger partial charge in [0.15, 0.2) is 0 Å². The fourth-order valence-corrected chi connectivity index (χ4v) is 2.30. The third kappa shape index (κ3) is 4.43. The van der Waals surface area contributed by atoms with Gasteiger partial charge in [-0.2, -0.15) is 0 Å². The highest BCUT2D eigenvalue weighted by molar-refractivity contribution is 5.92. The zero-order valence-corrected chi connectivity index (χ0v) is 12.0. The molecular formula is C18H20N2O. The molecule has 0 unspecified atom stereocenters. The third-order valence-corrected chi connectivity index (χ3v) is 3.59. The molecule has 0 spiro atoms. The van der Waals surface area contributed by atoms with Crippen LogP contribution in [0.5, 0.6) is 0 Å². The van der Waals surface area contributed by atoms with E-state index < -0.39 is 0 Å². The van der Waals surface area contributed by atoms with Gasteiger partial charge in [-0.3, -0.25) is 4.79 Å². The minimum atomic E-state index is 0.0218. The van der Waals surface area contributed by atoms with Crippen LogP contribution in [-0.4, -0.2) is 11.9 Å². The van der Waals surface area contributed by atoms with Gasteiger partial charge in [0.2, 0.25) is 5.91 Å². The van der Waals surface area contributed by atoms with Gasteiger partial charge in [-0.1, -0.05) is 42.5 Å². The lowest BCUT2D eigenvalue weighted by Gasteiger charge is -2.08. The van der Waals surface area contributed by atoms with E-state index in [9.17, 15) is 4.79 Å². The molecule has 21 heavy (non-hydrogen) atoms. The molecule has 2 aromatic rings. The van der Waals surface area contributed by atoms with Gasteiger partial charge in [0.25, 0.3) is 0 Å². The third-order valence-electron chi connectivity index (χ3n) is 3.59. The first-order valence-electron chi connectivity index (χ1n) is 7.46. The molecular weight excluding hydrogens is 260 g/mol. The highest BCUT2D eigenvalue weighted by Crippen LogP contribution is 2.20. The van der Waals surface area contributed by atoms with Crippen LogP contribution in [0.25, 0.3) is 0 Å². The van der Waals surface area contributed by atoms with Crippen LogP contribution in [0.3, 0.4) is 0 Å². The van der Waals surface area contributed by atoms with Crippen molar-refractivity contribution in [2.45, 2.75) is 31.8 Å². The molecule has 3 heteroatoms. The Morgan fingerprint density at radius 3 is 2.52 bits per heavy atom. The number of hydrogen-bond acceptors (Lipinski definition) is 2. The van der Waals surface area contributed by atoms with Gasteiger partial charge < -0.3 is 10.6 Å². The first kappa shape index (κ1) is 13.8. The summed E-state index contributed by atoms with van der Waals surface area (Å²) in [6.07, 6.45) is 2.98. The summed E-state index contributed by atoms with van der Waals surface area (Å²) in [7, 11) is 0. The van der Waals surface area contributed by atoms with Gasteiger partial charge in [0, 0.05) is 18.3 Å². The maximum atomic E-state index is 12.0.